The van der Waals surface area contributed by atoms with Crippen LogP contribution < -0.4 is 0 Å². The number of hydrogen-bond donors (Lipinski definition) is 0. The lowest BCUT2D eigenvalue weighted by molar-refractivity contribution is -0.120. The molecule has 82 valence electrons. The lowest BCUT2D eigenvalue weighted by Crippen LogP contribution is -2.09. The Labute approximate surface area is 92.5 Å². The van der Waals surface area contributed by atoms with Gasteiger partial charge in [0.2, 0.25) is 0 Å². The fourth-order valence-electron chi connectivity index (χ4n) is 1.63. The van der Waals surface area contributed by atoms with Crippen LogP contribution in [0.2, 0.25) is 0 Å². The van der Waals surface area contributed by atoms with Crippen LogP contribution >= 0.6 is 0 Å². The second-order valence-corrected chi connectivity index (χ2v) is 4.28. The van der Waals surface area contributed by atoms with Crippen LogP contribution in [0.3, 0.4) is 0 Å². The molecule has 15 heavy (non-hydrogen) atoms. The number of hydrogen-bond acceptors (Lipinski definition) is 1. The molecule has 1 heteroatoms. The average molecular weight is 204 g/mol. The van der Waals surface area contributed by atoms with E-state index < -0.39 is 0 Å². The minimum Gasteiger partial charge on any atom is -0.300 e. The van der Waals surface area contributed by atoms with Gasteiger partial charge in [0.15, 0.2) is 0 Å². The van der Waals surface area contributed by atoms with Crippen LogP contribution in [0.25, 0.3) is 0 Å². The van der Waals surface area contributed by atoms with Crippen LogP contribution in [0, 0.1) is 5.92 Å². The maximum Gasteiger partial charge on any atom is 0.132 e. The monoisotopic (exact) mass is 204 g/mol. The Bertz CT molecular complexity index is 311. The van der Waals surface area contributed by atoms with E-state index in [0.29, 0.717) is 0 Å². The maximum atomic E-state index is 11.1. The number of aryl methyl sites for hydroxylation is 1. The quantitative estimate of drug-likeness (QED) is 0.718. The number of ketones is 1. The third kappa shape index (κ3) is 3.86. The Morgan fingerprint density at radius 3 is 2.20 bits per heavy atom. The van der Waals surface area contributed by atoms with E-state index >= 15 is 0 Å². The maximum absolute atomic E-state index is 11.1. The summed E-state index contributed by atoms with van der Waals surface area (Å²) in [6, 6.07) is 8.63. The summed E-state index contributed by atoms with van der Waals surface area (Å²) in [6.07, 6.45) is 3.19. The van der Waals surface area contributed by atoms with Gasteiger partial charge in [0, 0.05) is 5.92 Å². The van der Waals surface area contributed by atoms with E-state index in [1.807, 2.05) is 6.92 Å². The fourth-order valence-corrected chi connectivity index (χ4v) is 1.63. The summed E-state index contributed by atoms with van der Waals surface area (Å²) in [5.74, 6) is 0.412. The molecule has 0 saturated heterocycles. The van der Waals surface area contributed by atoms with E-state index in [0.717, 1.165) is 12.8 Å². The second-order valence-electron chi connectivity index (χ2n) is 4.28. The van der Waals surface area contributed by atoms with Crippen molar-refractivity contribution in [2.24, 2.45) is 5.92 Å². The second kappa shape index (κ2) is 5.69. The zero-order chi connectivity index (χ0) is 11.3. The molecule has 0 heterocycles. The van der Waals surface area contributed by atoms with Gasteiger partial charge in [0.1, 0.15) is 5.78 Å². The Kier molecular flexibility index (Phi) is 4.54. The lowest BCUT2D eigenvalue weighted by Gasteiger charge is -2.08. The van der Waals surface area contributed by atoms with Gasteiger partial charge in [-0.3, -0.25) is 4.79 Å². The molecular formula is C14H20O. The highest BCUT2D eigenvalue weighted by Gasteiger charge is 2.07. The van der Waals surface area contributed by atoms with Crippen LogP contribution in [-0.4, -0.2) is 5.78 Å². The van der Waals surface area contributed by atoms with Crippen molar-refractivity contribution in [3.8, 4) is 0 Å². The Hall–Kier alpha value is -1.11. The molecule has 0 spiro atoms. The van der Waals surface area contributed by atoms with Crippen LogP contribution in [0.5, 0.6) is 0 Å². The Balaban J connectivity index is 2.60. The molecule has 1 unspecified atom stereocenters. The van der Waals surface area contributed by atoms with Gasteiger partial charge < -0.3 is 0 Å². The van der Waals surface area contributed by atoms with Gasteiger partial charge in [-0.25, -0.2) is 0 Å². The number of benzene rings is 1. The predicted molar refractivity (Wildman–Crippen MR) is 64.0 cm³/mol. The van der Waals surface area contributed by atoms with E-state index in [1.54, 1.807) is 6.92 Å². The van der Waals surface area contributed by atoms with Crippen LogP contribution in [0.1, 0.15) is 38.3 Å². The summed E-state index contributed by atoms with van der Waals surface area (Å²) in [5, 5.41) is 0. The van der Waals surface area contributed by atoms with Gasteiger partial charge >= 0.3 is 0 Å². The van der Waals surface area contributed by atoms with E-state index in [2.05, 4.69) is 31.2 Å². The molecule has 0 aliphatic rings. The number of carbonyl (C=O) groups excluding carboxylic acids is 1. The van der Waals surface area contributed by atoms with Gasteiger partial charge in [-0.1, -0.05) is 44.5 Å². The van der Waals surface area contributed by atoms with Gasteiger partial charge in [-0.05, 0) is 30.9 Å². The minimum atomic E-state index is 0.141. The molecule has 1 aromatic rings. The third-order valence-electron chi connectivity index (χ3n) is 2.80. The topological polar surface area (TPSA) is 17.1 Å². The highest BCUT2D eigenvalue weighted by molar-refractivity contribution is 5.78. The van der Waals surface area contributed by atoms with Crippen molar-refractivity contribution in [3.05, 3.63) is 35.4 Å². The van der Waals surface area contributed by atoms with Gasteiger partial charge in [-0.15, -0.1) is 0 Å². The van der Waals surface area contributed by atoms with Crippen LogP contribution in [-0.2, 0) is 17.6 Å². The zero-order valence-corrected chi connectivity index (χ0v) is 9.92. The predicted octanol–water partition coefficient (Wildman–Crippen LogP) is 3.41. The molecule has 1 nitrogen and oxygen atoms in total. The first-order valence-corrected chi connectivity index (χ1v) is 5.71. The van der Waals surface area contributed by atoms with Crippen LogP contribution in [0.15, 0.2) is 24.3 Å². The van der Waals surface area contributed by atoms with Crippen molar-refractivity contribution in [1.82, 2.24) is 0 Å². The Morgan fingerprint density at radius 1 is 1.20 bits per heavy atom. The summed E-state index contributed by atoms with van der Waals surface area (Å²) in [5.41, 5.74) is 2.65. The van der Waals surface area contributed by atoms with E-state index in [-0.39, 0.29) is 11.7 Å². The zero-order valence-electron chi connectivity index (χ0n) is 9.92. The summed E-state index contributed by atoms with van der Waals surface area (Å²) < 4.78 is 0. The minimum absolute atomic E-state index is 0.141. The highest BCUT2D eigenvalue weighted by Crippen LogP contribution is 2.11. The SMILES string of the molecule is CCCc1ccc(CC(C)C(C)=O)cc1. The summed E-state index contributed by atoms with van der Waals surface area (Å²) in [6.45, 7) is 5.84. The van der Waals surface area contributed by atoms with E-state index in [4.69, 9.17) is 0 Å². The number of carbonyl (C=O) groups is 1. The first-order chi connectivity index (χ1) is 7.13. The van der Waals surface area contributed by atoms with Crippen LogP contribution in [0.4, 0.5) is 0 Å². The van der Waals surface area contributed by atoms with Gasteiger partial charge in [-0.2, -0.15) is 0 Å². The molecule has 0 aromatic heterocycles. The molecule has 0 radical (unpaired) electrons. The lowest BCUT2D eigenvalue weighted by atomic mass is 9.97. The van der Waals surface area contributed by atoms with Crippen molar-refractivity contribution in [2.45, 2.75) is 40.0 Å². The Morgan fingerprint density at radius 2 is 1.73 bits per heavy atom. The number of Topliss-reactive ketones (excluding diaryl/α,β-unsaturated/α-hetero) is 1. The molecule has 0 saturated carbocycles. The third-order valence-corrected chi connectivity index (χ3v) is 2.80. The summed E-state index contributed by atoms with van der Waals surface area (Å²) in [7, 11) is 0. The molecule has 1 rings (SSSR count). The van der Waals surface area contributed by atoms with Crippen molar-refractivity contribution < 1.29 is 4.79 Å². The van der Waals surface area contributed by atoms with Crippen molar-refractivity contribution in [3.63, 3.8) is 0 Å². The van der Waals surface area contributed by atoms with E-state index in [1.165, 1.54) is 17.5 Å². The first-order valence-electron chi connectivity index (χ1n) is 5.71. The molecule has 1 atom stereocenters. The average Bonchev–Trinajstić information content (AvgIpc) is 2.21. The fraction of sp³-hybridized carbons (Fsp3) is 0.500. The molecule has 0 N–H and O–H groups in total. The van der Waals surface area contributed by atoms with E-state index in [9.17, 15) is 4.79 Å². The van der Waals surface area contributed by atoms with Crippen molar-refractivity contribution >= 4 is 5.78 Å². The molecule has 0 aliphatic heterocycles. The van der Waals surface area contributed by atoms with Gasteiger partial charge in [0.25, 0.3) is 0 Å². The van der Waals surface area contributed by atoms with Gasteiger partial charge in [0.05, 0.1) is 0 Å². The molecule has 0 aliphatic carbocycles. The molecule has 1 aromatic carbocycles. The molecule has 0 bridgehead atoms. The number of rotatable bonds is 5. The smallest absolute Gasteiger partial charge is 0.132 e. The summed E-state index contributed by atoms with van der Waals surface area (Å²) in [4.78, 5) is 11.1. The molecular weight excluding hydrogens is 184 g/mol. The molecule has 0 amide bonds. The largest absolute Gasteiger partial charge is 0.300 e. The standard InChI is InChI=1S/C14H20O/c1-4-5-13-6-8-14(9-7-13)10-11(2)12(3)15/h6-9,11H,4-5,10H2,1-3H3. The van der Waals surface area contributed by atoms with Crippen molar-refractivity contribution in [2.75, 3.05) is 0 Å². The summed E-state index contributed by atoms with van der Waals surface area (Å²) >= 11 is 0. The normalized spacial score (nSPS) is 12.5. The molecule has 0 fully saturated rings. The highest BCUT2D eigenvalue weighted by atomic mass is 16.1. The first kappa shape index (κ1) is 12.0. The van der Waals surface area contributed by atoms with Crippen molar-refractivity contribution in [1.29, 1.82) is 0 Å².